The van der Waals surface area contributed by atoms with Crippen LogP contribution in [0.4, 0.5) is 0 Å². The summed E-state index contributed by atoms with van der Waals surface area (Å²) in [5, 5.41) is 17.6. The molecular formula is C18H14N2O2. The van der Waals surface area contributed by atoms with Gasteiger partial charge in [-0.1, -0.05) is 36.4 Å². The Morgan fingerprint density at radius 2 is 1.50 bits per heavy atom. The second-order valence-corrected chi connectivity index (χ2v) is 4.33. The third kappa shape index (κ3) is 4.40. The molecule has 0 aliphatic heterocycles. The van der Waals surface area contributed by atoms with Gasteiger partial charge in [0.1, 0.15) is 42.4 Å². The van der Waals surface area contributed by atoms with Crippen molar-refractivity contribution in [2.75, 3.05) is 13.2 Å². The van der Waals surface area contributed by atoms with E-state index < -0.39 is 0 Å². The normalized spacial score (nSPS) is 9.18. The van der Waals surface area contributed by atoms with Crippen LogP contribution in [0.25, 0.3) is 6.08 Å². The molecule has 4 nitrogen and oxygen atoms in total. The Bertz CT molecular complexity index is 709. The highest BCUT2D eigenvalue weighted by molar-refractivity contribution is 5.66. The van der Waals surface area contributed by atoms with E-state index in [1.807, 2.05) is 54.6 Å². The van der Waals surface area contributed by atoms with Crippen molar-refractivity contribution in [2.45, 2.75) is 0 Å². The van der Waals surface area contributed by atoms with E-state index in [1.165, 1.54) is 6.08 Å². The van der Waals surface area contributed by atoms with Gasteiger partial charge in [0, 0.05) is 5.56 Å². The maximum atomic E-state index is 8.82. The zero-order valence-corrected chi connectivity index (χ0v) is 11.9. The molecule has 2 aromatic rings. The number of hydrogen-bond donors (Lipinski definition) is 0. The van der Waals surface area contributed by atoms with Crippen LogP contribution in [-0.4, -0.2) is 13.2 Å². The predicted molar refractivity (Wildman–Crippen MR) is 83.1 cm³/mol. The lowest BCUT2D eigenvalue weighted by Gasteiger charge is -2.10. The molecule has 2 rings (SSSR count). The summed E-state index contributed by atoms with van der Waals surface area (Å²) in [6.45, 7) is 0.777. The van der Waals surface area contributed by atoms with Gasteiger partial charge < -0.3 is 9.47 Å². The lowest BCUT2D eigenvalue weighted by molar-refractivity contribution is 0.217. The minimum absolute atomic E-state index is 0.0385. The molecule has 0 aromatic heterocycles. The number of nitrogens with zero attached hydrogens (tertiary/aromatic N) is 2. The molecule has 0 unspecified atom stereocenters. The van der Waals surface area contributed by atoms with Crippen molar-refractivity contribution in [1.82, 2.24) is 0 Å². The molecule has 0 heterocycles. The first-order valence-electron chi connectivity index (χ1n) is 6.75. The zero-order valence-electron chi connectivity index (χ0n) is 11.9. The highest BCUT2D eigenvalue weighted by Gasteiger charge is 2.02. The Labute approximate surface area is 129 Å². The Morgan fingerprint density at radius 3 is 2.23 bits per heavy atom. The van der Waals surface area contributed by atoms with Gasteiger partial charge in [-0.25, -0.2) is 0 Å². The Kier molecular flexibility index (Phi) is 5.61. The van der Waals surface area contributed by atoms with Gasteiger partial charge in [-0.3, -0.25) is 0 Å². The van der Waals surface area contributed by atoms with Crippen LogP contribution in [0.1, 0.15) is 5.56 Å². The van der Waals surface area contributed by atoms with Crippen LogP contribution in [0.2, 0.25) is 0 Å². The fourth-order valence-corrected chi connectivity index (χ4v) is 1.80. The van der Waals surface area contributed by atoms with Gasteiger partial charge >= 0.3 is 0 Å². The number of rotatable bonds is 6. The number of benzene rings is 2. The summed E-state index contributed by atoms with van der Waals surface area (Å²) >= 11 is 0. The van der Waals surface area contributed by atoms with E-state index >= 15 is 0 Å². The predicted octanol–water partition coefficient (Wildman–Crippen LogP) is 3.57. The van der Waals surface area contributed by atoms with E-state index in [-0.39, 0.29) is 5.57 Å². The molecular weight excluding hydrogens is 276 g/mol. The van der Waals surface area contributed by atoms with Crippen LogP contribution in [0.3, 0.4) is 0 Å². The maximum absolute atomic E-state index is 8.82. The van der Waals surface area contributed by atoms with Crippen molar-refractivity contribution in [3.8, 4) is 23.6 Å². The standard InChI is InChI=1S/C18H14N2O2/c19-13-15(14-20)12-16-6-4-5-9-18(16)22-11-10-21-17-7-2-1-3-8-17/h1-9,12H,10-11H2. The Hall–Kier alpha value is -3.24. The van der Waals surface area contributed by atoms with Gasteiger partial charge in [0.2, 0.25) is 0 Å². The molecule has 108 valence electrons. The first-order chi connectivity index (χ1) is 10.8. The summed E-state index contributed by atoms with van der Waals surface area (Å²) in [6, 6.07) is 20.4. The van der Waals surface area contributed by atoms with Crippen LogP contribution in [0.5, 0.6) is 11.5 Å². The summed E-state index contributed by atoms with van der Waals surface area (Å²) in [6.07, 6.45) is 1.51. The van der Waals surface area contributed by atoms with E-state index in [0.717, 1.165) is 5.75 Å². The largest absolute Gasteiger partial charge is 0.490 e. The summed E-state index contributed by atoms with van der Waals surface area (Å²) < 4.78 is 11.2. The molecule has 0 radical (unpaired) electrons. The number of ether oxygens (including phenoxy) is 2. The number of hydrogen-bond acceptors (Lipinski definition) is 4. The highest BCUT2D eigenvalue weighted by atomic mass is 16.5. The van der Waals surface area contributed by atoms with Crippen molar-refractivity contribution in [3.63, 3.8) is 0 Å². The molecule has 0 N–H and O–H groups in total. The molecule has 0 aliphatic carbocycles. The van der Waals surface area contributed by atoms with E-state index in [1.54, 1.807) is 12.1 Å². The summed E-state index contributed by atoms with van der Waals surface area (Å²) in [5.41, 5.74) is 0.733. The van der Waals surface area contributed by atoms with E-state index in [4.69, 9.17) is 20.0 Å². The molecule has 22 heavy (non-hydrogen) atoms. The molecule has 4 heteroatoms. The summed E-state index contributed by atoms with van der Waals surface area (Å²) in [7, 11) is 0. The fourth-order valence-electron chi connectivity index (χ4n) is 1.80. The van der Waals surface area contributed by atoms with Crippen LogP contribution < -0.4 is 9.47 Å². The van der Waals surface area contributed by atoms with Crippen molar-refractivity contribution >= 4 is 6.08 Å². The van der Waals surface area contributed by atoms with Gasteiger partial charge in [-0.05, 0) is 24.3 Å². The van der Waals surface area contributed by atoms with Gasteiger partial charge in [0.15, 0.2) is 0 Å². The van der Waals surface area contributed by atoms with Gasteiger partial charge in [0.05, 0.1) is 0 Å². The molecule has 0 fully saturated rings. The average Bonchev–Trinajstić information content (AvgIpc) is 2.58. The zero-order chi connectivity index (χ0) is 15.6. The van der Waals surface area contributed by atoms with Crippen molar-refractivity contribution in [1.29, 1.82) is 10.5 Å². The highest BCUT2D eigenvalue weighted by Crippen LogP contribution is 2.20. The monoisotopic (exact) mass is 290 g/mol. The SMILES string of the molecule is N#CC(C#N)=Cc1ccccc1OCCOc1ccccc1. The second-order valence-electron chi connectivity index (χ2n) is 4.33. The first-order valence-corrected chi connectivity index (χ1v) is 6.75. The van der Waals surface area contributed by atoms with Crippen LogP contribution >= 0.6 is 0 Å². The maximum Gasteiger partial charge on any atom is 0.130 e. The van der Waals surface area contributed by atoms with Crippen molar-refractivity contribution < 1.29 is 9.47 Å². The number of allylic oxidation sites excluding steroid dienone is 1. The third-order valence-corrected chi connectivity index (χ3v) is 2.81. The molecule has 0 saturated heterocycles. The lowest BCUT2D eigenvalue weighted by Crippen LogP contribution is -2.09. The fraction of sp³-hybridized carbons (Fsp3) is 0.111. The summed E-state index contributed by atoms with van der Waals surface area (Å²) in [4.78, 5) is 0. The molecule has 0 aliphatic rings. The second kappa shape index (κ2) is 8.14. The molecule has 0 bridgehead atoms. The minimum Gasteiger partial charge on any atom is -0.490 e. The first kappa shape index (κ1) is 15.2. The smallest absolute Gasteiger partial charge is 0.130 e. The quantitative estimate of drug-likeness (QED) is 0.602. The molecule has 0 spiro atoms. The van der Waals surface area contributed by atoms with E-state index in [9.17, 15) is 0 Å². The van der Waals surface area contributed by atoms with Crippen molar-refractivity contribution in [3.05, 3.63) is 65.7 Å². The topological polar surface area (TPSA) is 66.0 Å². The van der Waals surface area contributed by atoms with E-state index in [2.05, 4.69) is 0 Å². The third-order valence-electron chi connectivity index (χ3n) is 2.81. The molecule has 2 aromatic carbocycles. The molecule has 0 saturated carbocycles. The van der Waals surface area contributed by atoms with Gasteiger partial charge in [-0.15, -0.1) is 0 Å². The number of para-hydroxylation sites is 2. The van der Waals surface area contributed by atoms with Gasteiger partial charge in [-0.2, -0.15) is 10.5 Å². The molecule has 0 amide bonds. The van der Waals surface area contributed by atoms with Crippen molar-refractivity contribution in [2.24, 2.45) is 0 Å². The van der Waals surface area contributed by atoms with Crippen LogP contribution in [0, 0.1) is 22.7 Å². The average molecular weight is 290 g/mol. The lowest BCUT2D eigenvalue weighted by atomic mass is 10.1. The van der Waals surface area contributed by atoms with Crippen LogP contribution in [0.15, 0.2) is 60.2 Å². The van der Waals surface area contributed by atoms with E-state index in [0.29, 0.717) is 24.5 Å². The Balaban J connectivity index is 1.95. The summed E-state index contributed by atoms with van der Waals surface area (Å²) in [5.74, 6) is 1.40. The molecule has 0 atom stereocenters. The van der Waals surface area contributed by atoms with Crippen LogP contribution in [-0.2, 0) is 0 Å². The number of nitriles is 2. The van der Waals surface area contributed by atoms with Gasteiger partial charge in [0.25, 0.3) is 0 Å². The Morgan fingerprint density at radius 1 is 0.864 bits per heavy atom. The minimum atomic E-state index is 0.0385.